The van der Waals surface area contributed by atoms with Gasteiger partial charge in [0.05, 0.1) is 12.0 Å². The fourth-order valence-corrected chi connectivity index (χ4v) is 3.65. The predicted octanol–water partition coefficient (Wildman–Crippen LogP) is 2.55. The van der Waals surface area contributed by atoms with Crippen LogP contribution in [-0.4, -0.2) is 25.0 Å². The summed E-state index contributed by atoms with van der Waals surface area (Å²) in [6, 6.07) is 1.40. The molecule has 1 heterocycles. The number of ether oxygens (including phenoxy) is 1. The van der Waals surface area contributed by atoms with Crippen LogP contribution in [-0.2, 0) is 22.4 Å². The molecule has 0 aromatic carbocycles. The summed E-state index contributed by atoms with van der Waals surface area (Å²) < 4.78 is 4.76. The highest BCUT2D eigenvalue weighted by molar-refractivity contribution is 7.14. The highest BCUT2D eigenvalue weighted by Gasteiger charge is 2.25. The van der Waals surface area contributed by atoms with Crippen molar-refractivity contribution in [3.05, 3.63) is 21.4 Å². The Bertz CT molecular complexity index is 486. The van der Waals surface area contributed by atoms with Gasteiger partial charge in [0.15, 0.2) is 0 Å². The van der Waals surface area contributed by atoms with E-state index in [2.05, 4.69) is 5.32 Å². The molecule has 1 aromatic heterocycles. The van der Waals surface area contributed by atoms with E-state index in [0.717, 1.165) is 12.8 Å². The van der Waals surface area contributed by atoms with Gasteiger partial charge in [-0.2, -0.15) is 0 Å². The van der Waals surface area contributed by atoms with Crippen LogP contribution in [0.3, 0.4) is 0 Å². The molecule has 0 radical (unpaired) electrons. The molecule has 1 aliphatic rings. The number of thiophene rings is 1. The van der Waals surface area contributed by atoms with Crippen LogP contribution in [0.5, 0.6) is 0 Å². The van der Waals surface area contributed by atoms with Crippen molar-refractivity contribution < 1.29 is 14.3 Å². The normalized spacial score (nSPS) is 15.0. The zero-order valence-corrected chi connectivity index (χ0v) is 13.0. The first kappa shape index (κ1) is 15.0. The molecular formula is C15H21NO3S. The summed E-state index contributed by atoms with van der Waals surface area (Å²) in [5.41, 5.74) is 1.29. The number of aryl methyl sites for hydroxylation is 2. The molecule has 1 aliphatic carbocycles. The topological polar surface area (TPSA) is 55.4 Å². The number of esters is 1. The van der Waals surface area contributed by atoms with E-state index in [1.54, 1.807) is 11.3 Å². The number of hydrogen-bond donors (Lipinski definition) is 1. The first-order chi connectivity index (χ1) is 9.51. The zero-order chi connectivity index (χ0) is 14.7. The average molecular weight is 295 g/mol. The van der Waals surface area contributed by atoms with E-state index in [0.29, 0.717) is 17.2 Å². The van der Waals surface area contributed by atoms with E-state index in [1.165, 1.54) is 24.0 Å². The van der Waals surface area contributed by atoms with E-state index in [1.807, 2.05) is 19.9 Å². The number of amides is 1. The second kappa shape index (κ2) is 6.39. The Balaban J connectivity index is 2.05. The Morgan fingerprint density at radius 2 is 2.15 bits per heavy atom. The van der Waals surface area contributed by atoms with Crippen molar-refractivity contribution in [3.63, 3.8) is 0 Å². The minimum absolute atomic E-state index is 0.166. The molecule has 1 atom stereocenters. The molecule has 1 unspecified atom stereocenters. The lowest BCUT2D eigenvalue weighted by atomic mass is 10.0. The Kier molecular flexibility index (Phi) is 4.81. The summed E-state index contributed by atoms with van der Waals surface area (Å²) in [7, 11) is 1.35. The monoisotopic (exact) mass is 295 g/mol. The Hall–Kier alpha value is -1.36. The summed E-state index contributed by atoms with van der Waals surface area (Å²) in [5.74, 6) is -0.232. The molecule has 0 fully saturated rings. The molecule has 0 saturated heterocycles. The second-order valence-electron chi connectivity index (χ2n) is 5.59. The Morgan fingerprint density at radius 3 is 2.75 bits per heavy atom. The van der Waals surface area contributed by atoms with Gasteiger partial charge in [-0.25, -0.2) is 4.79 Å². The fraction of sp³-hybridized carbons (Fsp3) is 0.600. The van der Waals surface area contributed by atoms with Crippen LogP contribution in [0.2, 0.25) is 0 Å². The molecule has 0 saturated carbocycles. The predicted molar refractivity (Wildman–Crippen MR) is 79.1 cm³/mol. The van der Waals surface area contributed by atoms with Crippen LogP contribution >= 0.6 is 11.3 Å². The molecular weight excluding hydrogens is 274 g/mol. The third kappa shape index (κ3) is 3.39. The average Bonchev–Trinajstić information content (AvgIpc) is 2.96. The number of fused-ring (bicyclic) bond motifs is 1. The van der Waals surface area contributed by atoms with Gasteiger partial charge in [-0.05, 0) is 43.2 Å². The summed E-state index contributed by atoms with van der Waals surface area (Å²) in [4.78, 5) is 26.0. The van der Waals surface area contributed by atoms with Gasteiger partial charge in [0.1, 0.15) is 6.04 Å². The largest absolute Gasteiger partial charge is 0.467 e. The van der Waals surface area contributed by atoms with Crippen molar-refractivity contribution in [2.45, 2.75) is 45.6 Å². The minimum atomic E-state index is -0.565. The molecule has 2 rings (SSSR count). The summed E-state index contributed by atoms with van der Waals surface area (Å²) in [6.07, 6.45) is 3.90. The first-order valence-corrected chi connectivity index (χ1v) is 7.83. The van der Waals surface area contributed by atoms with Crippen LogP contribution in [0, 0.1) is 5.92 Å². The molecule has 0 aliphatic heterocycles. The van der Waals surface area contributed by atoms with Crippen LogP contribution in [0.15, 0.2) is 6.07 Å². The van der Waals surface area contributed by atoms with Gasteiger partial charge in [0, 0.05) is 4.88 Å². The van der Waals surface area contributed by atoms with E-state index in [-0.39, 0.29) is 11.9 Å². The van der Waals surface area contributed by atoms with Crippen LogP contribution in [0.25, 0.3) is 0 Å². The van der Waals surface area contributed by atoms with Gasteiger partial charge in [-0.1, -0.05) is 13.8 Å². The lowest BCUT2D eigenvalue weighted by Crippen LogP contribution is -2.42. The van der Waals surface area contributed by atoms with Crippen molar-refractivity contribution >= 4 is 23.2 Å². The Morgan fingerprint density at radius 1 is 1.40 bits per heavy atom. The maximum atomic E-state index is 12.3. The second-order valence-corrected chi connectivity index (χ2v) is 6.73. The van der Waals surface area contributed by atoms with Crippen LogP contribution < -0.4 is 5.32 Å². The molecule has 1 N–H and O–H groups in total. The maximum absolute atomic E-state index is 12.3. The summed E-state index contributed by atoms with van der Waals surface area (Å²) in [5, 5.41) is 2.80. The van der Waals surface area contributed by atoms with Crippen LogP contribution in [0.1, 0.15) is 46.8 Å². The molecule has 1 aromatic rings. The molecule has 1 amide bonds. The van der Waals surface area contributed by atoms with Crippen molar-refractivity contribution in [1.29, 1.82) is 0 Å². The van der Waals surface area contributed by atoms with Gasteiger partial charge < -0.3 is 10.1 Å². The molecule has 0 spiro atoms. The molecule has 20 heavy (non-hydrogen) atoms. The molecule has 4 nitrogen and oxygen atoms in total. The number of methoxy groups -OCH3 is 1. The molecule has 5 heteroatoms. The van der Waals surface area contributed by atoms with Gasteiger partial charge in [0.25, 0.3) is 5.91 Å². The quantitative estimate of drug-likeness (QED) is 0.849. The van der Waals surface area contributed by atoms with Gasteiger partial charge >= 0.3 is 5.97 Å². The number of hydrogen-bond acceptors (Lipinski definition) is 4. The summed E-state index contributed by atoms with van der Waals surface area (Å²) in [6.45, 7) is 4.03. The Labute approximate surface area is 123 Å². The molecule has 110 valence electrons. The van der Waals surface area contributed by atoms with E-state index in [4.69, 9.17) is 4.74 Å². The number of nitrogens with one attached hydrogen (secondary N) is 1. The smallest absolute Gasteiger partial charge is 0.328 e. The van der Waals surface area contributed by atoms with E-state index < -0.39 is 6.04 Å². The lowest BCUT2D eigenvalue weighted by molar-refractivity contribution is -0.143. The number of carbonyl (C=O) groups is 2. The third-order valence-corrected chi connectivity index (χ3v) is 4.70. The van der Waals surface area contributed by atoms with Gasteiger partial charge in [-0.3, -0.25) is 4.79 Å². The van der Waals surface area contributed by atoms with Gasteiger partial charge in [0.2, 0.25) is 0 Å². The van der Waals surface area contributed by atoms with Crippen molar-refractivity contribution in [2.24, 2.45) is 5.92 Å². The fourth-order valence-electron chi connectivity index (χ4n) is 2.50. The van der Waals surface area contributed by atoms with E-state index >= 15 is 0 Å². The maximum Gasteiger partial charge on any atom is 0.328 e. The highest BCUT2D eigenvalue weighted by Crippen LogP contribution is 2.30. The van der Waals surface area contributed by atoms with Crippen molar-refractivity contribution in [3.8, 4) is 0 Å². The summed E-state index contributed by atoms with van der Waals surface area (Å²) >= 11 is 1.55. The standard InChI is InChI=1S/C15H21NO3S/c1-9(2)7-11(15(18)19-3)16-14(17)13-8-10-5-4-6-12(10)20-13/h8-9,11H,4-7H2,1-3H3,(H,16,17). The van der Waals surface area contributed by atoms with Gasteiger partial charge in [-0.15, -0.1) is 11.3 Å². The highest BCUT2D eigenvalue weighted by atomic mass is 32.1. The number of carbonyl (C=O) groups excluding carboxylic acids is 2. The molecule has 0 bridgehead atoms. The number of rotatable bonds is 5. The lowest BCUT2D eigenvalue weighted by Gasteiger charge is -2.17. The SMILES string of the molecule is COC(=O)C(CC(C)C)NC(=O)c1cc2c(s1)CCC2. The third-order valence-electron chi connectivity index (χ3n) is 3.47. The van der Waals surface area contributed by atoms with Crippen LogP contribution in [0.4, 0.5) is 0 Å². The van der Waals surface area contributed by atoms with Crippen molar-refractivity contribution in [1.82, 2.24) is 5.32 Å². The minimum Gasteiger partial charge on any atom is -0.467 e. The van der Waals surface area contributed by atoms with E-state index in [9.17, 15) is 9.59 Å². The van der Waals surface area contributed by atoms with Crippen molar-refractivity contribution in [2.75, 3.05) is 7.11 Å². The zero-order valence-electron chi connectivity index (χ0n) is 12.2. The first-order valence-electron chi connectivity index (χ1n) is 7.01.